The Bertz CT molecular complexity index is 597. The Labute approximate surface area is 137 Å². The van der Waals surface area contributed by atoms with E-state index in [-0.39, 0.29) is 0 Å². The third-order valence-corrected chi connectivity index (χ3v) is 4.88. The summed E-state index contributed by atoms with van der Waals surface area (Å²) in [6.07, 6.45) is 6.28. The number of methoxy groups -OCH3 is 1. The van der Waals surface area contributed by atoms with Crippen LogP contribution in [0.25, 0.3) is 0 Å². The van der Waals surface area contributed by atoms with Gasteiger partial charge in [-0.25, -0.2) is 0 Å². The van der Waals surface area contributed by atoms with E-state index in [1.165, 1.54) is 32.1 Å². The lowest BCUT2D eigenvalue weighted by Crippen LogP contribution is -2.12. The quantitative estimate of drug-likeness (QED) is 0.757. The first-order chi connectivity index (χ1) is 11.3. The van der Waals surface area contributed by atoms with E-state index in [0.717, 1.165) is 23.0 Å². The van der Waals surface area contributed by atoms with Crippen LogP contribution in [0, 0.1) is 5.92 Å². The summed E-state index contributed by atoms with van der Waals surface area (Å²) in [7, 11) is 1.66. The van der Waals surface area contributed by atoms with Gasteiger partial charge in [0.1, 0.15) is 18.1 Å². The van der Waals surface area contributed by atoms with Crippen molar-refractivity contribution in [3.63, 3.8) is 0 Å². The van der Waals surface area contributed by atoms with Crippen LogP contribution in [-0.4, -0.2) is 12.3 Å². The first kappa shape index (κ1) is 15.9. The van der Waals surface area contributed by atoms with E-state index in [1.54, 1.807) is 7.11 Å². The summed E-state index contributed by atoms with van der Waals surface area (Å²) in [6.45, 7) is 2.77. The van der Waals surface area contributed by atoms with Crippen LogP contribution < -0.4 is 9.47 Å². The van der Waals surface area contributed by atoms with Gasteiger partial charge in [-0.05, 0) is 54.5 Å². The highest BCUT2D eigenvalue weighted by Gasteiger charge is 2.24. The predicted octanol–water partition coefficient (Wildman–Crippen LogP) is 4.95. The second-order valence-electron chi connectivity index (χ2n) is 6.33. The largest absolute Gasteiger partial charge is 0.497 e. The van der Waals surface area contributed by atoms with Crippen molar-refractivity contribution in [3.8, 4) is 11.6 Å². The fraction of sp³-hybridized carbons (Fsp3) is 0.526. The van der Waals surface area contributed by atoms with Crippen LogP contribution >= 0.6 is 0 Å². The van der Waals surface area contributed by atoms with Gasteiger partial charge in [0.05, 0.1) is 7.11 Å². The molecule has 0 spiro atoms. The molecule has 4 nitrogen and oxygen atoms in total. The van der Waals surface area contributed by atoms with Crippen molar-refractivity contribution in [1.82, 2.24) is 5.16 Å². The minimum Gasteiger partial charge on any atom is -0.497 e. The summed E-state index contributed by atoms with van der Waals surface area (Å²) >= 11 is 0. The predicted molar refractivity (Wildman–Crippen MR) is 88.8 cm³/mol. The summed E-state index contributed by atoms with van der Waals surface area (Å²) in [5.74, 6) is 3.79. The molecule has 0 atom stereocenters. The zero-order valence-electron chi connectivity index (χ0n) is 14.0. The first-order valence-electron chi connectivity index (χ1n) is 8.50. The monoisotopic (exact) mass is 315 g/mol. The number of benzene rings is 1. The fourth-order valence-corrected chi connectivity index (χ4v) is 3.27. The number of aromatic nitrogens is 1. The van der Waals surface area contributed by atoms with Crippen molar-refractivity contribution in [2.75, 3.05) is 7.11 Å². The van der Waals surface area contributed by atoms with E-state index in [4.69, 9.17) is 14.0 Å². The molecule has 124 valence electrons. The molecule has 3 rings (SSSR count). The molecule has 0 saturated heterocycles. The van der Waals surface area contributed by atoms with E-state index < -0.39 is 0 Å². The molecule has 1 aromatic heterocycles. The van der Waals surface area contributed by atoms with Gasteiger partial charge in [-0.1, -0.05) is 25.5 Å². The molecule has 0 bridgehead atoms. The van der Waals surface area contributed by atoms with E-state index in [9.17, 15) is 0 Å². The molecule has 1 saturated carbocycles. The molecule has 1 heterocycles. The van der Waals surface area contributed by atoms with Crippen molar-refractivity contribution >= 4 is 0 Å². The Balaban J connectivity index is 1.53. The molecule has 1 aromatic carbocycles. The summed E-state index contributed by atoms with van der Waals surface area (Å²) in [6, 6.07) is 9.80. The van der Waals surface area contributed by atoms with E-state index in [1.807, 2.05) is 30.3 Å². The average Bonchev–Trinajstić information content (AvgIpc) is 3.09. The lowest BCUT2D eigenvalue weighted by molar-refractivity contribution is 0.250. The molecule has 2 aromatic rings. The zero-order valence-corrected chi connectivity index (χ0v) is 14.0. The number of ether oxygens (including phenoxy) is 2. The zero-order chi connectivity index (χ0) is 16.1. The van der Waals surface area contributed by atoms with Gasteiger partial charge in [-0.15, -0.1) is 0 Å². The third kappa shape index (κ3) is 4.06. The van der Waals surface area contributed by atoms with Crippen LogP contribution in [0.15, 0.2) is 34.9 Å². The van der Waals surface area contributed by atoms with Gasteiger partial charge in [-0.3, -0.25) is 0 Å². The van der Waals surface area contributed by atoms with E-state index in [2.05, 4.69) is 12.1 Å². The molecule has 23 heavy (non-hydrogen) atoms. The Kier molecular flexibility index (Phi) is 5.21. The third-order valence-electron chi connectivity index (χ3n) is 4.88. The van der Waals surface area contributed by atoms with Crippen molar-refractivity contribution in [3.05, 3.63) is 41.7 Å². The van der Waals surface area contributed by atoms with Gasteiger partial charge >= 0.3 is 0 Å². The minimum absolute atomic E-state index is 0.485. The molecule has 1 aliphatic rings. The molecule has 1 aliphatic carbocycles. The molecule has 0 N–H and O–H groups in total. The highest BCUT2D eigenvalue weighted by atomic mass is 16.5. The van der Waals surface area contributed by atoms with Crippen LogP contribution in [0.4, 0.5) is 0 Å². The lowest BCUT2D eigenvalue weighted by atomic mass is 9.80. The molecular formula is C19H25NO3. The van der Waals surface area contributed by atoms with Gasteiger partial charge < -0.3 is 14.0 Å². The molecule has 0 amide bonds. The lowest BCUT2D eigenvalue weighted by Gasteiger charge is -2.25. The number of rotatable bonds is 6. The Morgan fingerprint density at radius 1 is 1.13 bits per heavy atom. The summed E-state index contributed by atoms with van der Waals surface area (Å²) in [5, 5.41) is 4.06. The Morgan fingerprint density at radius 3 is 2.52 bits per heavy atom. The summed E-state index contributed by atoms with van der Waals surface area (Å²) in [4.78, 5) is 0. The fourth-order valence-electron chi connectivity index (χ4n) is 3.27. The van der Waals surface area contributed by atoms with Crippen LogP contribution in [0.3, 0.4) is 0 Å². The molecule has 0 radical (unpaired) electrons. The molecule has 4 heteroatoms. The van der Waals surface area contributed by atoms with Crippen molar-refractivity contribution in [2.45, 2.75) is 51.6 Å². The maximum Gasteiger partial charge on any atom is 0.254 e. The Hall–Kier alpha value is -1.97. The Morgan fingerprint density at radius 2 is 1.87 bits per heavy atom. The van der Waals surface area contributed by atoms with Crippen LogP contribution in [0.5, 0.6) is 11.6 Å². The maximum absolute atomic E-state index is 5.73. The topological polar surface area (TPSA) is 44.5 Å². The number of nitrogens with zero attached hydrogens (tertiary/aromatic N) is 1. The van der Waals surface area contributed by atoms with Gasteiger partial charge in [-0.2, -0.15) is 0 Å². The molecular weight excluding hydrogens is 290 g/mol. The van der Waals surface area contributed by atoms with Crippen molar-refractivity contribution in [1.29, 1.82) is 0 Å². The number of hydrogen-bond acceptors (Lipinski definition) is 4. The van der Waals surface area contributed by atoms with Crippen LogP contribution in [0.2, 0.25) is 0 Å². The smallest absolute Gasteiger partial charge is 0.254 e. The molecule has 1 fully saturated rings. The van der Waals surface area contributed by atoms with Gasteiger partial charge in [0.2, 0.25) is 0 Å². The van der Waals surface area contributed by atoms with Crippen molar-refractivity contribution < 1.29 is 14.0 Å². The van der Waals surface area contributed by atoms with Gasteiger partial charge in [0, 0.05) is 12.0 Å². The standard InChI is InChI=1S/C19H25NO3/c1-3-14-4-8-16(9-5-14)18-12-19(20-23-18)22-13-15-6-10-17(21-2)11-7-15/h6-7,10-12,14,16H,3-5,8-9,13H2,1-2H3. The highest BCUT2D eigenvalue weighted by molar-refractivity contribution is 5.27. The highest BCUT2D eigenvalue weighted by Crippen LogP contribution is 2.37. The van der Waals surface area contributed by atoms with E-state index >= 15 is 0 Å². The second-order valence-corrected chi connectivity index (χ2v) is 6.33. The van der Waals surface area contributed by atoms with Gasteiger partial charge in [0.25, 0.3) is 5.88 Å². The van der Waals surface area contributed by atoms with Crippen molar-refractivity contribution in [2.24, 2.45) is 5.92 Å². The molecule has 0 unspecified atom stereocenters. The van der Waals surface area contributed by atoms with E-state index in [0.29, 0.717) is 18.4 Å². The first-order valence-corrected chi connectivity index (χ1v) is 8.50. The summed E-state index contributed by atoms with van der Waals surface area (Å²) < 4.78 is 16.4. The maximum atomic E-state index is 5.73. The normalized spacial score (nSPS) is 21.1. The molecule has 0 aliphatic heterocycles. The minimum atomic E-state index is 0.485. The number of hydrogen-bond donors (Lipinski definition) is 0. The average molecular weight is 315 g/mol. The van der Waals surface area contributed by atoms with Crippen LogP contribution in [0.1, 0.15) is 56.3 Å². The van der Waals surface area contributed by atoms with Gasteiger partial charge in [0.15, 0.2) is 0 Å². The summed E-state index contributed by atoms with van der Waals surface area (Å²) in [5.41, 5.74) is 1.08. The van der Waals surface area contributed by atoms with Crippen LogP contribution in [-0.2, 0) is 6.61 Å². The second kappa shape index (κ2) is 7.53. The SMILES string of the molecule is CCC1CCC(c2cc(OCc3ccc(OC)cc3)no2)CC1.